The highest BCUT2D eigenvalue weighted by molar-refractivity contribution is 5.84. The molecule has 0 fully saturated rings. The molecular formula is C16H22N2. The van der Waals surface area contributed by atoms with E-state index in [0.29, 0.717) is 0 Å². The molecule has 18 heavy (non-hydrogen) atoms. The fourth-order valence-electron chi connectivity index (χ4n) is 2.39. The summed E-state index contributed by atoms with van der Waals surface area (Å²) in [5.74, 6) is 0. The third kappa shape index (κ3) is 3.08. The molecule has 0 aliphatic heterocycles. The lowest BCUT2D eigenvalue weighted by Gasteiger charge is -2.26. The largest absolute Gasteiger partial charge is 0.308 e. The number of benzene rings is 1. The summed E-state index contributed by atoms with van der Waals surface area (Å²) in [6, 6.07) is 8.51. The molecule has 0 atom stereocenters. The van der Waals surface area contributed by atoms with Crippen LogP contribution in [0.25, 0.3) is 10.8 Å². The first-order valence-corrected chi connectivity index (χ1v) is 6.69. The first kappa shape index (κ1) is 13.0. The van der Waals surface area contributed by atoms with E-state index < -0.39 is 0 Å². The second-order valence-corrected chi connectivity index (χ2v) is 5.50. The van der Waals surface area contributed by atoms with E-state index in [-0.39, 0.29) is 5.54 Å². The van der Waals surface area contributed by atoms with E-state index in [2.05, 4.69) is 55.3 Å². The molecule has 2 nitrogen and oxygen atoms in total. The quantitative estimate of drug-likeness (QED) is 0.860. The molecule has 1 aromatic heterocycles. The summed E-state index contributed by atoms with van der Waals surface area (Å²) in [7, 11) is 0. The van der Waals surface area contributed by atoms with Crippen LogP contribution in [0.4, 0.5) is 0 Å². The highest BCUT2D eigenvalue weighted by atomic mass is 14.9. The van der Waals surface area contributed by atoms with Crippen LogP contribution in [-0.2, 0) is 6.54 Å². The Labute approximate surface area is 109 Å². The van der Waals surface area contributed by atoms with Gasteiger partial charge >= 0.3 is 0 Å². The Morgan fingerprint density at radius 1 is 1.22 bits per heavy atom. The Kier molecular flexibility index (Phi) is 3.97. The van der Waals surface area contributed by atoms with Crippen molar-refractivity contribution in [2.24, 2.45) is 0 Å². The summed E-state index contributed by atoms with van der Waals surface area (Å²) in [5, 5.41) is 6.16. The van der Waals surface area contributed by atoms with E-state index in [9.17, 15) is 0 Å². The predicted molar refractivity (Wildman–Crippen MR) is 77.6 cm³/mol. The fourth-order valence-corrected chi connectivity index (χ4v) is 2.39. The summed E-state index contributed by atoms with van der Waals surface area (Å²) in [6.07, 6.45) is 6.19. The molecule has 1 aromatic carbocycles. The van der Waals surface area contributed by atoms with Crippen LogP contribution in [0.3, 0.4) is 0 Å². The maximum atomic E-state index is 4.17. The summed E-state index contributed by atoms with van der Waals surface area (Å²) in [6.45, 7) is 7.67. The smallest absolute Gasteiger partial charge is 0.0346 e. The standard InChI is InChI=1S/C16H22N2/c1-4-9-16(2,3)18-12-14-7-5-6-13-11-17-10-8-15(13)14/h5-8,10-11,18H,4,9,12H2,1-3H3. The minimum Gasteiger partial charge on any atom is -0.308 e. The van der Waals surface area contributed by atoms with E-state index in [1.54, 1.807) is 0 Å². The van der Waals surface area contributed by atoms with Crippen molar-refractivity contribution in [3.05, 3.63) is 42.2 Å². The molecule has 0 aliphatic rings. The first-order chi connectivity index (χ1) is 8.62. The van der Waals surface area contributed by atoms with Crippen molar-refractivity contribution in [3.8, 4) is 0 Å². The van der Waals surface area contributed by atoms with Crippen LogP contribution in [0.15, 0.2) is 36.7 Å². The van der Waals surface area contributed by atoms with Crippen molar-refractivity contribution in [2.75, 3.05) is 0 Å². The maximum Gasteiger partial charge on any atom is 0.0346 e. The highest BCUT2D eigenvalue weighted by Gasteiger charge is 2.15. The van der Waals surface area contributed by atoms with Gasteiger partial charge in [0, 0.05) is 29.9 Å². The van der Waals surface area contributed by atoms with E-state index in [0.717, 1.165) is 6.54 Å². The van der Waals surface area contributed by atoms with Gasteiger partial charge in [-0.3, -0.25) is 4.98 Å². The Bertz CT molecular complexity index is 512. The molecule has 2 rings (SSSR count). The predicted octanol–water partition coefficient (Wildman–Crippen LogP) is 3.90. The first-order valence-electron chi connectivity index (χ1n) is 6.69. The Balaban J connectivity index is 2.17. The Hall–Kier alpha value is -1.41. The fraction of sp³-hybridized carbons (Fsp3) is 0.438. The number of nitrogens with zero attached hydrogens (tertiary/aromatic N) is 1. The van der Waals surface area contributed by atoms with Gasteiger partial charge < -0.3 is 5.32 Å². The number of hydrogen-bond donors (Lipinski definition) is 1. The molecule has 0 amide bonds. The number of fused-ring (bicyclic) bond motifs is 1. The zero-order valence-electron chi connectivity index (χ0n) is 11.5. The van der Waals surface area contributed by atoms with Crippen LogP contribution in [0.2, 0.25) is 0 Å². The van der Waals surface area contributed by atoms with Gasteiger partial charge in [-0.1, -0.05) is 31.5 Å². The lowest BCUT2D eigenvalue weighted by Crippen LogP contribution is -2.38. The number of rotatable bonds is 5. The third-order valence-corrected chi connectivity index (χ3v) is 3.40. The third-order valence-electron chi connectivity index (χ3n) is 3.40. The SMILES string of the molecule is CCCC(C)(C)NCc1cccc2cnccc12. The van der Waals surface area contributed by atoms with Gasteiger partial charge in [-0.25, -0.2) is 0 Å². The molecule has 0 bridgehead atoms. The topological polar surface area (TPSA) is 24.9 Å². The van der Waals surface area contributed by atoms with E-state index in [1.807, 2.05) is 12.4 Å². The van der Waals surface area contributed by atoms with Crippen molar-refractivity contribution < 1.29 is 0 Å². The van der Waals surface area contributed by atoms with Crippen molar-refractivity contribution in [1.29, 1.82) is 0 Å². The molecule has 96 valence electrons. The van der Waals surface area contributed by atoms with Gasteiger partial charge in [0.2, 0.25) is 0 Å². The van der Waals surface area contributed by atoms with Gasteiger partial charge in [0.05, 0.1) is 0 Å². The molecule has 0 unspecified atom stereocenters. The summed E-state index contributed by atoms with van der Waals surface area (Å²) in [4.78, 5) is 4.17. The highest BCUT2D eigenvalue weighted by Crippen LogP contribution is 2.19. The molecule has 0 saturated carbocycles. The lowest BCUT2D eigenvalue weighted by molar-refractivity contribution is 0.357. The average molecular weight is 242 g/mol. The molecule has 2 aromatic rings. The van der Waals surface area contributed by atoms with Crippen LogP contribution < -0.4 is 5.32 Å². The second kappa shape index (κ2) is 5.49. The molecule has 0 spiro atoms. The zero-order valence-corrected chi connectivity index (χ0v) is 11.5. The summed E-state index contributed by atoms with van der Waals surface area (Å²) < 4.78 is 0. The minimum atomic E-state index is 0.198. The van der Waals surface area contributed by atoms with Crippen molar-refractivity contribution in [1.82, 2.24) is 10.3 Å². The van der Waals surface area contributed by atoms with Crippen LogP contribution in [-0.4, -0.2) is 10.5 Å². The normalized spacial score (nSPS) is 11.9. The molecule has 2 heteroatoms. The average Bonchev–Trinajstić information content (AvgIpc) is 2.36. The molecule has 0 aliphatic carbocycles. The van der Waals surface area contributed by atoms with Gasteiger partial charge in [0.15, 0.2) is 0 Å². The monoisotopic (exact) mass is 242 g/mol. The Morgan fingerprint density at radius 2 is 2.06 bits per heavy atom. The van der Waals surface area contributed by atoms with Gasteiger partial charge in [-0.05, 0) is 37.3 Å². The van der Waals surface area contributed by atoms with Crippen LogP contribution in [0.5, 0.6) is 0 Å². The van der Waals surface area contributed by atoms with Crippen LogP contribution in [0.1, 0.15) is 39.2 Å². The molecule has 1 N–H and O–H groups in total. The maximum absolute atomic E-state index is 4.17. The van der Waals surface area contributed by atoms with E-state index in [4.69, 9.17) is 0 Å². The van der Waals surface area contributed by atoms with Gasteiger partial charge in [0.25, 0.3) is 0 Å². The zero-order chi connectivity index (χ0) is 13.0. The molecular weight excluding hydrogens is 220 g/mol. The Morgan fingerprint density at radius 3 is 2.83 bits per heavy atom. The lowest BCUT2D eigenvalue weighted by atomic mass is 9.98. The van der Waals surface area contributed by atoms with Crippen molar-refractivity contribution in [2.45, 2.75) is 45.7 Å². The van der Waals surface area contributed by atoms with Crippen LogP contribution in [0, 0.1) is 0 Å². The van der Waals surface area contributed by atoms with E-state index >= 15 is 0 Å². The second-order valence-electron chi connectivity index (χ2n) is 5.50. The molecule has 0 radical (unpaired) electrons. The van der Waals surface area contributed by atoms with Crippen molar-refractivity contribution >= 4 is 10.8 Å². The molecule has 0 saturated heterocycles. The minimum absolute atomic E-state index is 0.198. The molecule has 1 heterocycles. The van der Waals surface area contributed by atoms with Gasteiger partial charge in [-0.2, -0.15) is 0 Å². The van der Waals surface area contributed by atoms with E-state index in [1.165, 1.54) is 29.2 Å². The number of nitrogens with one attached hydrogen (secondary N) is 1. The van der Waals surface area contributed by atoms with Crippen LogP contribution >= 0.6 is 0 Å². The summed E-state index contributed by atoms with van der Waals surface area (Å²) in [5.41, 5.74) is 1.54. The number of aromatic nitrogens is 1. The van der Waals surface area contributed by atoms with Crippen molar-refractivity contribution in [3.63, 3.8) is 0 Å². The van der Waals surface area contributed by atoms with Gasteiger partial charge in [0.1, 0.15) is 0 Å². The van der Waals surface area contributed by atoms with Gasteiger partial charge in [-0.15, -0.1) is 0 Å². The number of hydrogen-bond acceptors (Lipinski definition) is 2. The summed E-state index contributed by atoms with van der Waals surface area (Å²) >= 11 is 0. The number of pyridine rings is 1.